The lowest BCUT2D eigenvalue weighted by atomic mass is 10.0. The van der Waals surface area contributed by atoms with Gasteiger partial charge in [-0.3, -0.25) is 0 Å². The van der Waals surface area contributed by atoms with E-state index in [4.69, 9.17) is 0 Å². The van der Waals surface area contributed by atoms with E-state index in [2.05, 4.69) is 0 Å². The lowest BCUT2D eigenvalue weighted by Gasteiger charge is -2.05. The Morgan fingerprint density at radius 2 is 0.583 bits per heavy atom. The van der Waals surface area contributed by atoms with Crippen molar-refractivity contribution < 1.29 is 5.48 Å². The van der Waals surface area contributed by atoms with Gasteiger partial charge in [0.25, 0.3) is 0 Å². The van der Waals surface area contributed by atoms with Gasteiger partial charge in [-0.15, -0.1) is 0 Å². The molecule has 0 aliphatic heterocycles. The highest BCUT2D eigenvalue weighted by atomic mass is 31.0. The molecule has 80 valence electrons. The minimum atomic E-state index is 0. The minimum Gasteiger partial charge on any atom is -0.412 e. The second-order valence-corrected chi connectivity index (χ2v) is 2.12. The molecule has 1 saturated carbocycles. The van der Waals surface area contributed by atoms with Crippen LogP contribution in [0.3, 0.4) is 0 Å². The van der Waals surface area contributed by atoms with E-state index in [1.54, 1.807) is 0 Å². The van der Waals surface area contributed by atoms with Crippen LogP contribution in [0.1, 0.15) is 66.2 Å². The van der Waals surface area contributed by atoms with E-state index in [1.807, 2.05) is 27.7 Å². The quantitative estimate of drug-likeness (QED) is 0.530. The molecule has 2 N–H and O–H groups in total. The molecule has 12 heavy (non-hydrogen) atoms. The van der Waals surface area contributed by atoms with Gasteiger partial charge in [-0.1, -0.05) is 66.2 Å². The molecular formula is C10H29OP. The van der Waals surface area contributed by atoms with Crippen LogP contribution < -0.4 is 0 Å². The SMILES string of the molecule is C1CCCCC1.CC.CC.O.P. The van der Waals surface area contributed by atoms with Crippen molar-refractivity contribution in [1.29, 1.82) is 0 Å². The molecule has 0 aromatic carbocycles. The smallest absolute Gasteiger partial charge is 0.0533 e. The standard InChI is InChI=1S/C6H12.2C2H6.H2O.H3P/c1-2-4-6-5-3-1;2*1-2;;/h1-6H2;2*1-2H3;1H2;1H3. The van der Waals surface area contributed by atoms with E-state index in [-0.39, 0.29) is 15.4 Å². The largest absolute Gasteiger partial charge is 0.412 e. The molecule has 0 saturated heterocycles. The minimum absolute atomic E-state index is 0. The number of hydrogen-bond acceptors (Lipinski definition) is 0. The van der Waals surface area contributed by atoms with E-state index in [1.165, 1.54) is 38.5 Å². The van der Waals surface area contributed by atoms with Crippen LogP contribution in [0.15, 0.2) is 0 Å². The summed E-state index contributed by atoms with van der Waals surface area (Å²) in [7, 11) is 0. The van der Waals surface area contributed by atoms with Gasteiger partial charge in [0.15, 0.2) is 0 Å². The van der Waals surface area contributed by atoms with Crippen molar-refractivity contribution in [2.75, 3.05) is 0 Å². The first kappa shape index (κ1) is 22.8. The molecule has 1 aliphatic rings. The predicted octanol–water partition coefficient (Wildman–Crippen LogP) is 3.63. The Morgan fingerprint density at radius 1 is 0.500 bits per heavy atom. The van der Waals surface area contributed by atoms with Crippen LogP contribution in [0.2, 0.25) is 0 Å². The maximum absolute atomic E-state index is 2.00. The van der Waals surface area contributed by atoms with E-state index in [9.17, 15) is 0 Å². The summed E-state index contributed by atoms with van der Waals surface area (Å²) in [6, 6.07) is 0. The summed E-state index contributed by atoms with van der Waals surface area (Å²) in [5.41, 5.74) is 0. The van der Waals surface area contributed by atoms with Crippen LogP contribution in [-0.4, -0.2) is 5.48 Å². The van der Waals surface area contributed by atoms with Crippen LogP contribution in [0, 0.1) is 0 Å². The molecule has 1 aliphatic carbocycles. The van der Waals surface area contributed by atoms with Crippen molar-refractivity contribution in [3.05, 3.63) is 0 Å². The molecule has 2 heteroatoms. The summed E-state index contributed by atoms with van der Waals surface area (Å²) in [6.45, 7) is 8.00. The molecular weight excluding hydrogens is 167 g/mol. The highest BCUT2D eigenvalue weighted by molar-refractivity contribution is 6.92. The average Bonchev–Trinajstić information content (AvgIpc) is 2.14. The fraction of sp³-hybridized carbons (Fsp3) is 1.00. The van der Waals surface area contributed by atoms with Gasteiger partial charge in [-0.25, -0.2) is 0 Å². The van der Waals surface area contributed by atoms with Crippen molar-refractivity contribution in [1.82, 2.24) is 0 Å². The Labute approximate surface area is 82.3 Å². The second-order valence-electron chi connectivity index (χ2n) is 2.12. The molecule has 1 rings (SSSR count). The van der Waals surface area contributed by atoms with Crippen LogP contribution in [0.25, 0.3) is 0 Å². The van der Waals surface area contributed by atoms with Crippen molar-refractivity contribution in [2.45, 2.75) is 66.2 Å². The molecule has 0 radical (unpaired) electrons. The summed E-state index contributed by atoms with van der Waals surface area (Å²) in [5, 5.41) is 0. The van der Waals surface area contributed by atoms with Gasteiger partial charge in [-0.2, -0.15) is 9.90 Å². The first-order valence-corrected chi connectivity index (χ1v) is 5.00. The molecule has 0 aromatic heterocycles. The molecule has 0 bridgehead atoms. The summed E-state index contributed by atoms with van der Waals surface area (Å²) < 4.78 is 0. The maximum Gasteiger partial charge on any atom is -0.0533 e. The van der Waals surface area contributed by atoms with E-state index in [0.717, 1.165) is 0 Å². The summed E-state index contributed by atoms with van der Waals surface area (Å²) in [5.74, 6) is 0. The predicted molar refractivity (Wildman–Crippen MR) is 65.1 cm³/mol. The van der Waals surface area contributed by atoms with Gasteiger partial charge in [0.2, 0.25) is 0 Å². The molecule has 1 nitrogen and oxygen atoms in total. The van der Waals surface area contributed by atoms with Gasteiger partial charge < -0.3 is 5.48 Å². The summed E-state index contributed by atoms with van der Waals surface area (Å²) in [6.07, 6.45) is 9.00. The average molecular weight is 196 g/mol. The van der Waals surface area contributed by atoms with Crippen LogP contribution in [-0.2, 0) is 0 Å². The number of hydrogen-bond donors (Lipinski definition) is 0. The van der Waals surface area contributed by atoms with E-state index < -0.39 is 0 Å². The van der Waals surface area contributed by atoms with Crippen LogP contribution in [0.4, 0.5) is 0 Å². The Kier molecular flexibility index (Phi) is 57.3. The molecule has 1 fully saturated rings. The molecule has 1 atom stereocenters. The third-order valence-electron chi connectivity index (χ3n) is 1.50. The molecule has 0 heterocycles. The zero-order valence-corrected chi connectivity index (χ0v) is 10.9. The van der Waals surface area contributed by atoms with Crippen molar-refractivity contribution in [3.63, 3.8) is 0 Å². The summed E-state index contributed by atoms with van der Waals surface area (Å²) >= 11 is 0. The zero-order valence-electron chi connectivity index (χ0n) is 9.45. The highest BCUT2D eigenvalue weighted by Crippen LogP contribution is 2.15. The third-order valence-corrected chi connectivity index (χ3v) is 1.50. The van der Waals surface area contributed by atoms with Gasteiger partial charge in [-0.05, 0) is 0 Å². The molecule has 1 unspecified atom stereocenters. The fourth-order valence-corrected chi connectivity index (χ4v) is 1.06. The van der Waals surface area contributed by atoms with Crippen LogP contribution >= 0.6 is 9.90 Å². The third kappa shape index (κ3) is 22.4. The van der Waals surface area contributed by atoms with Gasteiger partial charge in [0.1, 0.15) is 0 Å². The van der Waals surface area contributed by atoms with Gasteiger partial charge in [0.05, 0.1) is 0 Å². The lowest BCUT2D eigenvalue weighted by molar-refractivity contribution is 0.504. The fourth-order valence-electron chi connectivity index (χ4n) is 1.06. The monoisotopic (exact) mass is 196 g/mol. The van der Waals surface area contributed by atoms with Crippen molar-refractivity contribution >= 4 is 9.90 Å². The van der Waals surface area contributed by atoms with E-state index in [0.29, 0.717) is 0 Å². The van der Waals surface area contributed by atoms with E-state index >= 15 is 0 Å². The Balaban J connectivity index is -0.0000000480. The highest BCUT2D eigenvalue weighted by Gasteiger charge is 1.95. The molecule has 0 aromatic rings. The Bertz CT molecular complexity index is 25.3. The van der Waals surface area contributed by atoms with Crippen LogP contribution in [0.5, 0.6) is 0 Å². The number of rotatable bonds is 0. The first-order valence-electron chi connectivity index (χ1n) is 5.00. The Morgan fingerprint density at radius 3 is 0.667 bits per heavy atom. The normalized spacial score (nSPS) is 13.0. The molecule has 0 spiro atoms. The lowest BCUT2D eigenvalue weighted by Crippen LogP contribution is -1.85. The second kappa shape index (κ2) is 30.1. The van der Waals surface area contributed by atoms with Gasteiger partial charge >= 0.3 is 0 Å². The van der Waals surface area contributed by atoms with Crippen molar-refractivity contribution in [2.24, 2.45) is 0 Å². The zero-order chi connectivity index (χ0) is 8.24. The first-order chi connectivity index (χ1) is 5.00. The summed E-state index contributed by atoms with van der Waals surface area (Å²) in [4.78, 5) is 0. The topological polar surface area (TPSA) is 31.5 Å². The van der Waals surface area contributed by atoms with Crippen molar-refractivity contribution in [3.8, 4) is 0 Å². The Hall–Kier alpha value is 0.390. The molecule has 0 amide bonds. The maximum atomic E-state index is 2.00. The van der Waals surface area contributed by atoms with Gasteiger partial charge in [0, 0.05) is 0 Å².